The van der Waals surface area contributed by atoms with E-state index in [4.69, 9.17) is 9.57 Å². The van der Waals surface area contributed by atoms with Gasteiger partial charge in [0.25, 0.3) is 0 Å². The minimum absolute atomic E-state index is 0.630. The number of pyridine rings is 1. The molecule has 2 aromatic heterocycles. The minimum Gasteiger partial charge on any atom is -0.460 e. The molecule has 0 aromatic carbocycles. The molecule has 0 fully saturated rings. The van der Waals surface area contributed by atoms with E-state index in [1.807, 2.05) is 32.2 Å². The first kappa shape index (κ1) is 19.3. The molecule has 1 aliphatic rings. The number of oxime groups is 1. The summed E-state index contributed by atoms with van der Waals surface area (Å²) in [5.74, 6) is 1.55. The van der Waals surface area contributed by atoms with Crippen LogP contribution >= 0.6 is 11.3 Å². The fourth-order valence-electron chi connectivity index (χ4n) is 2.87. The molecule has 0 unspecified atom stereocenters. The Hall–Kier alpha value is -2.47. The van der Waals surface area contributed by atoms with Crippen molar-refractivity contribution in [3.8, 4) is 10.6 Å². The predicted molar refractivity (Wildman–Crippen MR) is 110 cm³/mol. The molecule has 142 valence electrons. The van der Waals surface area contributed by atoms with Crippen molar-refractivity contribution < 1.29 is 9.57 Å². The van der Waals surface area contributed by atoms with Crippen LogP contribution in [0.4, 0.5) is 0 Å². The molecule has 1 aliphatic carbocycles. The lowest BCUT2D eigenvalue weighted by atomic mass is 9.97. The van der Waals surface area contributed by atoms with Crippen LogP contribution in [-0.4, -0.2) is 22.3 Å². The summed E-state index contributed by atoms with van der Waals surface area (Å²) in [6.07, 6.45) is 7.32. The second-order valence-corrected chi connectivity index (χ2v) is 7.47. The summed E-state index contributed by atoms with van der Waals surface area (Å²) in [6, 6.07) is 3.92. The summed E-state index contributed by atoms with van der Waals surface area (Å²) in [4.78, 5) is 15.1. The predicted octanol–water partition coefficient (Wildman–Crippen LogP) is 5.74. The summed E-state index contributed by atoms with van der Waals surface area (Å²) in [5.41, 5.74) is 3.93. The number of allylic oxidation sites excluding steroid dienone is 2. The van der Waals surface area contributed by atoms with Crippen LogP contribution in [0.5, 0.6) is 0 Å². The molecule has 0 radical (unpaired) electrons. The number of nitrogens with zero attached hydrogens (tertiary/aromatic N) is 3. The van der Waals surface area contributed by atoms with E-state index in [0.717, 1.165) is 63.9 Å². The van der Waals surface area contributed by atoms with Gasteiger partial charge in [-0.05, 0) is 45.2 Å². The summed E-state index contributed by atoms with van der Waals surface area (Å²) < 4.78 is 6.16. The van der Waals surface area contributed by atoms with Gasteiger partial charge in [-0.1, -0.05) is 18.7 Å². The molecule has 0 spiro atoms. The number of aromatic nitrogens is 2. The number of rotatable bonds is 7. The summed E-state index contributed by atoms with van der Waals surface area (Å²) in [6.45, 7) is 10.9. The number of hydrogen-bond acceptors (Lipinski definition) is 6. The Morgan fingerprint density at radius 3 is 2.93 bits per heavy atom. The topological polar surface area (TPSA) is 56.6 Å². The van der Waals surface area contributed by atoms with E-state index in [2.05, 4.69) is 28.6 Å². The van der Waals surface area contributed by atoms with E-state index in [9.17, 15) is 0 Å². The maximum Gasteiger partial charge on any atom is 0.138 e. The Balaban J connectivity index is 1.78. The van der Waals surface area contributed by atoms with Crippen LogP contribution in [0.25, 0.3) is 16.3 Å². The van der Waals surface area contributed by atoms with Gasteiger partial charge in [-0.2, -0.15) is 0 Å². The summed E-state index contributed by atoms with van der Waals surface area (Å²) >= 11 is 1.57. The smallest absolute Gasteiger partial charge is 0.138 e. The van der Waals surface area contributed by atoms with Gasteiger partial charge in [-0.3, -0.25) is 4.98 Å². The first-order valence-electron chi connectivity index (χ1n) is 9.24. The highest BCUT2D eigenvalue weighted by molar-refractivity contribution is 7.16. The molecule has 0 N–H and O–H groups in total. The van der Waals surface area contributed by atoms with Crippen molar-refractivity contribution in [1.82, 2.24) is 9.97 Å². The maximum absolute atomic E-state index is 6.16. The molecule has 5 nitrogen and oxygen atoms in total. The average molecular weight is 384 g/mol. The molecule has 0 amide bonds. The zero-order valence-electron chi connectivity index (χ0n) is 16.1. The molecule has 27 heavy (non-hydrogen) atoms. The quantitative estimate of drug-likeness (QED) is 0.347. The van der Waals surface area contributed by atoms with Gasteiger partial charge >= 0.3 is 0 Å². The van der Waals surface area contributed by atoms with Crippen molar-refractivity contribution in [2.75, 3.05) is 6.61 Å². The van der Waals surface area contributed by atoms with Gasteiger partial charge in [0, 0.05) is 30.0 Å². The summed E-state index contributed by atoms with van der Waals surface area (Å²) in [7, 11) is 0. The molecule has 2 heterocycles. The Morgan fingerprint density at radius 1 is 1.33 bits per heavy atom. The van der Waals surface area contributed by atoms with Crippen LogP contribution < -0.4 is 0 Å². The fourth-order valence-corrected chi connectivity index (χ4v) is 3.84. The van der Waals surface area contributed by atoms with Crippen LogP contribution in [0, 0.1) is 6.92 Å². The molecule has 0 saturated carbocycles. The Kier molecular flexibility index (Phi) is 6.40. The number of ether oxygens (including phenoxy) is 1. The van der Waals surface area contributed by atoms with Gasteiger partial charge in [0.1, 0.15) is 23.1 Å². The lowest BCUT2D eigenvalue weighted by Crippen LogP contribution is -2.12. The Bertz CT molecular complexity index is 869. The largest absolute Gasteiger partial charge is 0.460 e. The van der Waals surface area contributed by atoms with Gasteiger partial charge in [-0.25, -0.2) is 4.98 Å². The van der Waals surface area contributed by atoms with Crippen LogP contribution in [0.2, 0.25) is 0 Å². The molecule has 0 saturated heterocycles. The monoisotopic (exact) mass is 383 g/mol. The Labute approximate surface area is 164 Å². The van der Waals surface area contributed by atoms with Crippen molar-refractivity contribution in [2.24, 2.45) is 5.16 Å². The second kappa shape index (κ2) is 8.95. The van der Waals surface area contributed by atoms with Crippen molar-refractivity contribution >= 4 is 22.8 Å². The van der Waals surface area contributed by atoms with Gasteiger partial charge in [-0.15, -0.1) is 11.3 Å². The van der Waals surface area contributed by atoms with E-state index in [-0.39, 0.29) is 0 Å². The van der Waals surface area contributed by atoms with Crippen molar-refractivity contribution in [2.45, 2.75) is 46.5 Å². The van der Waals surface area contributed by atoms with Gasteiger partial charge in [0.2, 0.25) is 0 Å². The molecular formula is C21H25N3O2S. The maximum atomic E-state index is 6.16. The fraction of sp³-hybridized carbons (Fsp3) is 0.381. The lowest BCUT2D eigenvalue weighted by Gasteiger charge is -2.20. The minimum atomic E-state index is 0.630. The van der Waals surface area contributed by atoms with Crippen LogP contribution in [0.1, 0.15) is 50.1 Å². The number of hydrogen-bond donors (Lipinski definition) is 0. The van der Waals surface area contributed by atoms with Crippen LogP contribution in [0.3, 0.4) is 0 Å². The molecule has 3 rings (SSSR count). The average Bonchev–Trinajstić information content (AvgIpc) is 3.07. The third-order valence-corrected chi connectivity index (χ3v) is 5.59. The van der Waals surface area contributed by atoms with E-state index in [1.165, 1.54) is 0 Å². The Morgan fingerprint density at radius 2 is 2.19 bits per heavy atom. The highest BCUT2D eigenvalue weighted by Gasteiger charge is 2.20. The molecule has 0 atom stereocenters. The summed E-state index contributed by atoms with van der Waals surface area (Å²) in [5, 5.41) is 5.20. The van der Waals surface area contributed by atoms with E-state index < -0.39 is 0 Å². The first-order chi connectivity index (χ1) is 13.1. The third-order valence-electron chi connectivity index (χ3n) is 4.34. The second-order valence-electron chi connectivity index (χ2n) is 6.47. The molecule has 0 aliphatic heterocycles. The van der Waals surface area contributed by atoms with Crippen molar-refractivity contribution in [3.63, 3.8) is 0 Å². The molecular weight excluding hydrogens is 358 g/mol. The lowest BCUT2D eigenvalue weighted by molar-refractivity contribution is 0.144. The van der Waals surface area contributed by atoms with Gasteiger partial charge in [0.05, 0.1) is 16.3 Å². The number of aryl methyl sites for hydroxylation is 1. The molecule has 2 aromatic rings. The van der Waals surface area contributed by atoms with Crippen LogP contribution in [0.15, 0.2) is 47.6 Å². The number of thiazole rings is 1. The molecule has 0 bridgehead atoms. The zero-order chi connectivity index (χ0) is 19.2. The molecule has 6 heteroatoms. The normalized spacial score (nSPS) is 15.9. The van der Waals surface area contributed by atoms with Crippen molar-refractivity contribution in [3.05, 3.63) is 53.0 Å². The van der Waals surface area contributed by atoms with E-state index in [1.54, 1.807) is 17.5 Å². The van der Waals surface area contributed by atoms with Gasteiger partial charge in [0.15, 0.2) is 0 Å². The van der Waals surface area contributed by atoms with Crippen molar-refractivity contribution in [1.29, 1.82) is 0 Å². The van der Waals surface area contributed by atoms with Crippen LogP contribution in [-0.2, 0) is 9.57 Å². The SMILES string of the molecule is C=C(OC1=C(C)/C(=N/OCCC)CCC1)c1sc(-c2cccnc2)nc1C. The third kappa shape index (κ3) is 4.63. The first-order valence-corrected chi connectivity index (χ1v) is 10.1. The highest BCUT2D eigenvalue weighted by Crippen LogP contribution is 2.35. The highest BCUT2D eigenvalue weighted by atomic mass is 32.1. The standard InChI is InChI=1S/C21H25N3O2S/c1-5-12-25-24-18-9-6-10-19(14(18)2)26-16(4)20-15(3)23-21(27-20)17-8-7-11-22-13-17/h7-8,11,13H,4-6,9-10,12H2,1-3H3/b24-18+. The van der Waals surface area contributed by atoms with E-state index in [0.29, 0.717) is 12.4 Å². The van der Waals surface area contributed by atoms with E-state index >= 15 is 0 Å². The zero-order valence-corrected chi connectivity index (χ0v) is 16.9. The van der Waals surface area contributed by atoms with Gasteiger partial charge < -0.3 is 9.57 Å².